The third-order valence-corrected chi connectivity index (χ3v) is 9.62. The first-order valence-corrected chi connectivity index (χ1v) is 11.6. The topological polar surface area (TPSA) is 40.5 Å². The summed E-state index contributed by atoms with van der Waals surface area (Å²) in [7, 11) is 0. The van der Waals surface area contributed by atoms with Crippen LogP contribution in [0.25, 0.3) is 6.08 Å². The molecule has 5 rings (SSSR count). The van der Waals surface area contributed by atoms with Crippen molar-refractivity contribution in [2.75, 3.05) is 0 Å². The van der Waals surface area contributed by atoms with Gasteiger partial charge in [0.15, 0.2) is 0 Å². The Morgan fingerprint density at radius 1 is 0.966 bits per heavy atom. The van der Waals surface area contributed by atoms with Crippen molar-refractivity contribution in [1.82, 2.24) is 0 Å². The van der Waals surface area contributed by atoms with Gasteiger partial charge in [-0.3, -0.25) is 0 Å². The van der Waals surface area contributed by atoms with Crippen LogP contribution in [0.2, 0.25) is 0 Å². The number of aliphatic hydroxyl groups excluding tert-OH is 2. The van der Waals surface area contributed by atoms with E-state index < -0.39 is 0 Å². The van der Waals surface area contributed by atoms with Crippen LogP contribution >= 0.6 is 0 Å². The summed E-state index contributed by atoms with van der Waals surface area (Å²) in [6.07, 6.45) is 9.15. The Kier molecular flexibility index (Phi) is 4.60. The minimum Gasteiger partial charge on any atom is -0.393 e. The summed E-state index contributed by atoms with van der Waals surface area (Å²) in [4.78, 5) is 0. The van der Waals surface area contributed by atoms with Gasteiger partial charge in [0.25, 0.3) is 0 Å². The lowest BCUT2D eigenvalue weighted by Crippen LogP contribution is -2.55. The largest absolute Gasteiger partial charge is 0.393 e. The molecule has 4 aliphatic rings. The monoisotopic (exact) mass is 392 g/mol. The fourth-order valence-corrected chi connectivity index (χ4v) is 7.99. The molecule has 2 heteroatoms. The maximum Gasteiger partial charge on any atom is 0.0809 e. The molecule has 4 fully saturated rings. The molecule has 8 unspecified atom stereocenters. The predicted octanol–water partition coefficient (Wildman–Crippen LogP) is 5.61. The van der Waals surface area contributed by atoms with Gasteiger partial charge >= 0.3 is 0 Å². The van der Waals surface area contributed by atoms with Gasteiger partial charge in [0.2, 0.25) is 0 Å². The Bertz CT molecular complexity index is 826. The van der Waals surface area contributed by atoms with E-state index in [9.17, 15) is 10.2 Å². The highest BCUT2D eigenvalue weighted by Gasteiger charge is 2.61. The van der Waals surface area contributed by atoms with Gasteiger partial charge in [-0.25, -0.2) is 0 Å². The Labute approximate surface area is 175 Å². The first-order chi connectivity index (χ1) is 13.8. The van der Waals surface area contributed by atoms with Gasteiger partial charge in [0.1, 0.15) is 0 Å². The van der Waals surface area contributed by atoms with E-state index in [-0.39, 0.29) is 23.0 Å². The molecule has 0 radical (unpaired) electrons. The summed E-state index contributed by atoms with van der Waals surface area (Å²) in [6.45, 7) is 9.35. The normalized spacial score (nSPS) is 48.1. The van der Waals surface area contributed by atoms with Crippen LogP contribution in [0.1, 0.15) is 64.4 Å². The lowest BCUT2D eigenvalue weighted by atomic mass is 9.44. The number of benzene rings is 1. The number of fused-ring (bicyclic) bond motifs is 5. The van der Waals surface area contributed by atoms with Crippen LogP contribution in [-0.4, -0.2) is 22.4 Å². The van der Waals surface area contributed by atoms with E-state index in [0.29, 0.717) is 23.7 Å². The molecule has 2 N–H and O–H groups in total. The summed E-state index contributed by atoms with van der Waals surface area (Å²) in [5.74, 6) is 2.33. The molecule has 4 saturated carbocycles. The van der Waals surface area contributed by atoms with Gasteiger partial charge < -0.3 is 10.2 Å². The molecule has 0 spiro atoms. The average molecular weight is 393 g/mol. The highest BCUT2D eigenvalue weighted by atomic mass is 16.3. The van der Waals surface area contributed by atoms with Gasteiger partial charge in [0.05, 0.1) is 12.2 Å². The lowest BCUT2D eigenvalue weighted by Gasteiger charge is -2.61. The van der Waals surface area contributed by atoms with Crippen molar-refractivity contribution in [3.63, 3.8) is 0 Å². The Morgan fingerprint density at radius 3 is 2.45 bits per heavy atom. The van der Waals surface area contributed by atoms with Crippen molar-refractivity contribution in [2.24, 2.45) is 34.5 Å². The molecule has 0 heterocycles. The van der Waals surface area contributed by atoms with Crippen LogP contribution in [0.3, 0.4) is 0 Å². The van der Waals surface area contributed by atoms with Crippen molar-refractivity contribution in [1.29, 1.82) is 0 Å². The summed E-state index contributed by atoms with van der Waals surface area (Å²) in [5, 5.41) is 21.7. The summed E-state index contributed by atoms with van der Waals surface area (Å²) in [5.41, 5.74) is 4.05. The van der Waals surface area contributed by atoms with Crippen molar-refractivity contribution in [3.8, 4) is 0 Å². The Hall–Kier alpha value is -1.38. The summed E-state index contributed by atoms with van der Waals surface area (Å²) in [6, 6.07) is 10.5. The average Bonchev–Trinajstić information content (AvgIpc) is 2.95. The van der Waals surface area contributed by atoms with Crippen LogP contribution in [0.15, 0.2) is 48.1 Å². The van der Waals surface area contributed by atoms with Crippen LogP contribution in [0, 0.1) is 34.5 Å². The van der Waals surface area contributed by atoms with Gasteiger partial charge in [-0.1, -0.05) is 62.4 Å². The molecule has 8 atom stereocenters. The molecular weight excluding hydrogens is 356 g/mol. The summed E-state index contributed by atoms with van der Waals surface area (Å²) >= 11 is 0. The second-order valence-electron chi connectivity index (χ2n) is 11.0. The standard InChI is InChI=1S/C27H36O2/c1-17-13-21-22(26(2)11-9-20(28)16-23(17)26)10-12-27(3)24(21)15-19(25(27)29)14-18-7-5-4-6-8-18/h4-8,14,20-25,28-29H,1,9-13,15-16H2,2-3H3. The van der Waals surface area contributed by atoms with Crippen molar-refractivity contribution in [2.45, 2.75) is 71.0 Å². The molecule has 0 aliphatic heterocycles. The van der Waals surface area contributed by atoms with E-state index in [1.54, 1.807) is 0 Å². The third kappa shape index (κ3) is 2.90. The van der Waals surface area contributed by atoms with E-state index in [1.807, 2.05) is 6.07 Å². The quantitative estimate of drug-likeness (QED) is 0.610. The van der Waals surface area contributed by atoms with Gasteiger partial charge in [0, 0.05) is 5.41 Å². The van der Waals surface area contributed by atoms with E-state index in [2.05, 4.69) is 50.8 Å². The van der Waals surface area contributed by atoms with E-state index in [4.69, 9.17) is 0 Å². The number of aliphatic hydroxyl groups is 2. The van der Waals surface area contributed by atoms with Gasteiger partial charge in [-0.15, -0.1) is 0 Å². The Balaban J connectivity index is 1.48. The van der Waals surface area contributed by atoms with Crippen LogP contribution in [0.5, 0.6) is 0 Å². The zero-order chi connectivity index (χ0) is 20.4. The highest BCUT2D eigenvalue weighted by molar-refractivity contribution is 5.55. The number of hydrogen-bond acceptors (Lipinski definition) is 2. The highest BCUT2D eigenvalue weighted by Crippen LogP contribution is 2.67. The maximum atomic E-state index is 11.4. The second-order valence-corrected chi connectivity index (χ2v) is 11.0. The minimum atomic E-state index is -0.333. The van der Waals surface area contributed by atoms with Crippen molar-refractivity contribution >= 4 is 6.08 Å². The molecule has 4 aliphatic carbocycles. The molecule has 1 aromatic rings. The van der Waals surface area contributed by atoms with Gasteiger partial charge in [-0.2, -0.15) is 0 Å². The molecule has 0 amide bonds. The minimum absolute atomic E-state index is 0.0144. The van der Waals surface area contributed by atoms with Crippen molar-refractivity contribution < 1.29 is 10.2 Å². The molecule has 2 nitrogen and oxygen atoms in total. The Morgan fingerprint density at radius 2 is 1.69 bits per heavy atom. The summed E-state index contributed by atoms with van der Waals surface area (Å²) < 4.78 is 0. The van der Waals surface area contributed by atoms with Crippen LogP contribution in [-0.2, 0) is 0 Å². The van der Waals surface area contributed by atoms with Crippen LogP contribution in [0.4, 0.5) is 0 Å². The van der Waals surface area contributed by atoms with Crippen molar-refractivity contribution in [3.05, 3.63) is 53.6 Å². The third-order valence-electron chi connectivity index (χ3n) is 9.62. The molecular formula is C27H36O2. The number of allylic oxidation sites excluding steroid dienone is 1. The van der Waals surface area contributed by atoms with E-state index in [0.717, 1.165) is 38.5 Å². The zero-order valence-corrected chi connectivity index (χ0v) is 18.0. The van der Waals surface area contributed by atoms with Crippen LogP contribution < -0.4 is 0 Å². The molecule has 0 aromatic heterocycles. The lowest BCUT2D eigenvalue weighted by molar-refractivity contribution is -0.114. The molecule has 1 aromatic carbocycles. The predicted molar refractivity (Wildman–Crippen MR) is 118 cm³/mol. The van der Waals surface area contributed by atoms with E-state index in [1.165, 1.54) is 23.1 Å². The fourth-order valence-electron chi connectivity index (χ4n) is 7.99. The first-order valence-electron chi connectivity index (χ1n) is 11.6. The molecule has 156 valence electrons. The van der Waals surface area contributed by atoms with E-state index >= 15 is 0 Å². The maximum absolute atomic E-state index is 11.4. The van der Waals surface area contributed by atoms with Gasteiger partial charge in [-0.05, 0) is 85.2 Å². The molecule has 0 bridgehead atoms. The smallest absolute Gasteiger partial charge is 0.0809 e. The first kappa shape index (κ1) is 19.6. The second kappa shape index (κ2) is 6.82. The number of rotatable bonds is 1. The molecule has 0 saturated heterocycles. The molecule has 29 heavy (non-hydrogen) atoms. The number of hydrogen-bond donors (Lipinski definition) is 2. The fraction of sp³-hybridized carbons (Fsp3) is 0.630. The SMILES string of the molecule is C=C1CC2C3CC(=Cc4ccccc4)C(O)C3(C)CCC2C2(C)CCC(O)CC12. The zero-order valence-electron chi connectivity index (χ0n) is 18.0.